The van der Waals surface area contributed by atoms with Crippen LogP contribution in [0.1, 0.15) is 0 Å². The van der Waals surface area contributed by atoms with Gasteiger partial charge in [-0.2, -0.15) is 5.90 Å². The van der Waals surface area contributed by atoms with Crippen LogP contribution in [0, 0.1) is 5.82 Å². The monoisotopic (exact) mass is 193 g/mol. The van der Waals surface area contributed by atoms with E-state index < -0.39 is 5.82 Å². The van der Waals surface area contributed by atoms with Crippen LogP contribution in [0.2, 0.25) is 0 Å². The summed E-state index contributed by atoms with van der Waals surface area (Å²) in [6.45, 7) is 0. The van der Waals surface area contributed by atoms with E-state index in [1.54, 1.807) is 6.07 Å². The number of rotatable bonds is 2. The first-order valence-electron chi connectivity index (χ1n) is 2.99. The summed E-state index contributed by atoms with van der Waals surface area (Å²) in [4.78, 5) is 4.27. The van der Waals surface area contributed by atoms with Gasteiger partial charge < -0.3 is 9.57 Å². The number of para-hydroxylation sites is 1. The predicted octanol–water partition coefficient (Wildman–Crippen LogP) is 1.51. The molecule has 1 aromatic carbocycles. The van der Waals surface area contributed by atoms with Crippen LogP contribution in [-0.4, -0.2) is 7.11 Å². The molecule has 0 aliphatic carbocycles. The fraction of sp³-hybridized carbons (Fsp3) is 0.143. The van der Waals surface area contributed by atoms with Crippen molar-refractivity contribution < 1.29 is 14.0 Å². The smallest absolute Gasteiger partial charge is 0.224 e. The molecule has 0 atom stereocenters. The fourth-order valence-electron chi connectivity index (χ4n) is 0.764. The Morgan fingerprint density at radius 2 is 2.08 bits per heavy atom. The molecule has 2 N–H and O–H groups in total. The highest BCUT2D eigenvalue weighted by Crippen LogP contribution is 2.28. The minimum absolute atomic E-state index is 0. The summed E-state index contributed by atoms with van der Waals surface area (Å²) in [5.74, 6) is 4.48. The van der Waals surface area contributed by atoms with Crippen molar-refractivity contribution >= 4 is 12.4 Å². The Morgan fingerprint density at radius 3 is 2.50 bits per heavy atom. The lowest BCUT2D eigenvalue weighted by Crippen LogP contribution is -2.05. The van der Waals surface area contributed by atoms with Gasteiger partial charge in [0.2, 0.25) is 5.75 Å². The Labute approximate surface area is 75.6 Å². The molecule has 0 saturated heterocycles. The SMILES string of the molecule is COc1cccc(F)c1ON.Cl. The van der Waals surface area contributed by atoms with Crippen LogP contribution in [0.4, 0.5) is 4.39 Å². The second kappa shape index (κ2) is 4.79. The van der Waals surface area contributed by atoms with Crippen molar-refractivity contribution in [3.8, 4) is 11.5 Å². The topological polar surface area (TPSA) is 44.5 Å². The number of methoxy groups -OCH3 is 1. The van der Waals surface area contributed by atoms with E-state index in [1.807, 2.05) is 0 Å². The number of hydrogen-bond donors (Lipinski definition) is 1. The lowest BCUT2D eigenvalue weighted by Gasteiger charge is -2.05. The Balaban J connectivity index is 0.00000121. The molecular weight excluding hydrogens is 185 g/mol. The fourth-order valence-corrected chi connectivity index (χ4v) is 0.764. The van der Waals surface area contributed by atoms with Crippen LogP contribution in [0.5, 0.6) is 11.5 Å². The van der Waals surface area contributed by atoms with Gasteiger partial charge in [-0.3, -0.25) is 0 Å². The number of hydrogen-bond acceptors (Lipinski definition) is 3. The number of ether oxygens (including phenoxy) is 1. The molecule has 0 aliphatic rings. The first-order valence-corrected chi connectivity index (χ1v) is 2.99. The Kier molecular flexibility index (Phi) is 4.39. The standard InChI is InChI=1S/C7H8FNO2.ClH/c1-10-6-4-2-3-5(8)7(6)11-9;/h2-4H,9H2,1H3;1H. The maximum atomic E-state index is 12.8. The molecule has 1 rings (SSSR count). The van der Waals surface area contributed by atoms with E-state index in [-0.39, 0.29) is 23.9 Å². The van der Waals surface area contributed by atoms with E-state index >= 15 is 0 Å². The summed E-state index contributed by atoms with van der Waals surface area (Å²) in [7, 11) is 1.41. The Hall–Kier alpha value is -1.00. The van der Waals surface area contributed by atoms with Crippen LogP contribution in [-0.2, 0) is 0 Å². The zero-order chi connectivity index (χ0) is 8.27. The third kappa shape index (κ3) is 1.99. The lowest BCUT2D eigenvalue weighted by molar-refractivity contribution is 0.289. The Morgan fingerprint density at radius 1 is 1.42 bits per heavy atom. The molecule has 0 unspecified atom stereocenters. The molecule has 12 heavy (non-hydrogen) atoms. The summed E-state index contributed by atoms with van der Waals surface area (Å²) in [6.07, 6.45) is 0. The van der Waals surface area contributed by atoms with Crippen molar-refractivity contribution in [2.24, 2.45) is 5.90 Å². The highest BCUT2D eigenvalue weighted by atomic mass is 35.5. The summed E-state index contributed by atoms with van der Waals surface area (Å²) in [5, 5.41) is 0. The van der Waals surface area contributed by atoms with Gasteiger partial charge >= 0.3 is 0 Å². The first kappa shape index (κ1) is 11.0. The van der Waals surface area contributed by atoms with E-state index in [9.17, 15) is 4.39 Å². The second-order valence-electron chi connectivity index (χ2n) is 1.89. The van der Waals surface area contributed by atoms with Crippen LogP contribution in [0.3, 0.4) is 0 Å². The third-order valence-corrected chi connectivity index (χ3v) is 1.27. The number of benzene rings is 1. The highest BCUT2D eigenvalue weighted by molar-refractivity contribution is 5.85. The van der Waals surface area contributed by atoms with Gasteiger partial charge in [0, 0.05) is 0 Å². The molecule has 0 spiro atoms. The molecule has 0 amide bonds. The van der Waals surface area contributed by atoms with Gasteiger partial charge in [-0.05, 0) is 12.1 Å². The maximum Gasteiger partial charge on any atom is 0.224 e. The Bertz CT molecular complexity index is 257. The molecule has 0 saturated carbocycles. The normalized spacial score (nSPS) is 8.58. The molecular formula is C7H9ClFNO2. The van der Waals surface area contributed by atoms with E-state index in [2.05, 4.69) is 4.84 Å². The molecule has 0 fully saturated rings. The van der Waals surface area contributed by atoms with E-state index in [0.29, 0.717) is 0 Å². The lowest BCUT2D eigenvalue weighted by atomic mass is 10.3. The largest absolute Gasteiger partial charge is 0.493 e. The van der Waals surface area contributed by atoms with Crippen LogP contribution < -0.4 is 15.5 Å². The van der Waals surface area contributed by atoms with Gasteiger partial charge in [0.1, 0.15) is 0 Å². The zero-order valence-electron chi connectivity index (χ0n) is 6.41. The molecule has 0 aromatic heterocycles. The van der Waals surface area contributed by atoms with E-state index in [0.717, 1.165) is 0 Å². The molecule has 5 heteroatoms. The summed E-state index contributed by atoms with van der Waals surface area (Å²) in [5.41, 5.74) is 0. The van der Waals surface area contributed by atoms with Crippen molar-refractivity contribution in [3.63, 3.8) is 0 Å². The molecule has 0 aliphatic heterocycles. The van der Waals surface area contributed by atoms with Crippen LogP contribution in [0.25, 0.3) is 0 Å². The van der Waals surface area contributed by atoms with Crippen molar-refractivity contribution in [3.05, 3.63) is 24.0 Å². The molecule has 1 aromatic rings. The average Bonchev–Trinajstić information content (AvgIpc) is 2.04. The minimum atomic E-state index is -0.535. The van der Waals surface area contributed by atoms with Crippen molar-refractivity contribution in [1.82, 2.24) is 0 Å². The molecule has 0 heterocycles. The average molecular weight is 194 g/mol. The van der Waals surface area contributed by atoms with Gasteiger partial charge in [-0.25, -0.2) is 4.39 Å². The van der Waals surface area contributed by atoms with Gasteiger partial charge in [0.25, 0.3) is 0 Å². The van der Waals surface area contributed by atoms with Crippen LogP contribution in [0.15, 0.2) is 18.2 Å². The van der Waals surface area contributed by atoms with Crippen LogP contribution >= 0.6 is 12.4 Å². The van der Waals surface area contributed by atoms with Gasteiger partial charge in [-0.1, -0.05) is 6.07 Å². The van der Waals surface area contributed by atoms with Gasteiger partial charge in [0.15, 0.2) is 11.6 Å². The number of nitrogens with two attached hydrogens (primary N) is 1. The molecule has 0 bridgehead atoms. The quantitative estimate of drug-likeness (QED) is 0.725. The second-order valence-corrected chi connectivity index (χ2v) is 1.89. The van der Waals surface area contributed by atoms with Gasteiger partial charge in [-0.15, -0.1) is 12.4 Å². The van der Waals surface area contributed by atoms with Gasteiger partial charge in [0.05, 0.1) is 7.11 Å². The maximum absolute atomic E-state index is 12.8. The van der Waals surface area contributed by atoms with Crippen molar-refractivity contribution in [2.75, 3.05) is 7.11 Å². The van der Waals surface area contributed by atoms with E-state index in [4.69, 9.17) is 10.6 Å². The summed E-state index contributed by atoms with van der Waals surface area (Å²) in [6, 6.07) is 4.31. The van der Waals surface area contributed by atoms with Crippen molar-refractivity contribution in [1.29, 1.82) is 0 Å². The zero-order valence-corrected chi connectivity index (χ0v) is 7.23. The summed E-state index contributed by atoms with van der Waals surface area (Å²) >= 11 is 0. The first-order chi connectivity index (χ1) is 5.29. The third-order valence-electron chi connectivity index (χ3n) is 1.27. The number of halogens is 2. The molecule has 68 valence electrons. The van der Waals surface area contributed by atoms with E-state index in [1.165, 1.54) is 19.2 Å². The minimum Gasteiger partial charge on any atom is -0.493 e. The highest BCUT2D eigenvalue weighted by Gasteiger charge is 2.08. The molecule has 3 nitrogen and oxygen atoms in total. The summed E-state index contributed by atoms with van der Waals surface area (Å²) < 4.78 is 17.5. The molecule has 0 radical (unpaired) electrons. The predicted molar refractivity (Wildman–Crippen MR) is 45.0 cm³/mol. The van der Waals surface area contributed by atoms with Crippen molar-refractivity contribution in [2.45, 2.75) is 0 Å².